The lowest BCUT2D eigenvalue weighted by molar-refractivity contribution is 0.0737. The maximum atomic E-state index is 13.6. The monoisotopic (exact) mass is 611 g/mol. The van der Waals surface area contributed by atoms with Gasteiger partial charge in [-0.05, 0) is 87.2 Å². The largest absolute Gasteiger partial charge is 0.496 e. The van der Waals surface area contributed by atoms with Crippen LogP contribution < -0.4 is 19.5 Å². The molecule has 0 fully saturated rings. The first-order valence-electron chi connectivity index (χ1n) is 15.8. The maximum Gasteiger partial charge on any atom is 0.270 e. The average Bonchev–Trinajstić information content (AvgIpc) is 3.36. The molecule has 4 bridgehead atoms. The molecule has 0 radical (unpaired) electrons. The van der Waals surface area contributed by atoms with Crippen molar-refractivity contribution in [2.45, 2.75) is 45.7 Å². The lowest BCUT2D eigenvalue weighted by atomic mass is 9.98. The van der Waals surface area contributed by atoms with Crippen molar-refractivity contribution >= 4 is 22.8 Å². The van der Waals surface area contributed by atoms with Crippen molar-refractivity contribution in [3.8, 4) is 28.4 Å². The number of nitrogens with one attached hydrogen (secondary N) is 2. The number of amides is 2. The molecule has 0 saturated carbocycles. The molecule has 236 valence electrons. The van der Waals surface area contributed by atoms with Crippen molar-refractivity contribution in [1.82, 2.24) is 25.1 Å². The van der Waals surface area contributed by atoms with Gasteiger partial charge in [-0.25, -0.2) is 4.98 Å². The Morgan fingerprint density at radius 2 is 1.84 bits per heavy atom. The van der Waals surface area contributed by atoms with Gasteiger partial charge in [0.25, 0.3) is 11.8 Å². The Bertz CT molecular complexity index is 1650. The summed E-state index contributed by atoms with van der Waals surface area (Å²) in [6.45, 7) is 8.43. The molecular weight excluding hydrogens is 570 g/mol. The van der Waals surface area contributed by atoms with E-state index in [0.29, 0.717) is 80.3 Å². The standard InChI is InChI=1S/C35H41N5O5/c1-23(2)40-15-17-45-32-27(22-40)18-26-21-31(32)44-16-7-14-39(35(42)29-20-24-8-6-12-36-33(24)38-29)13-5-4-11-37-34(41)25-9-10-30(43-3)28(26)19-25/h6,8-10,12,18-21,23H,4-5,7,11,13-17,22H2,1-3H3,(H,36,38)(H,37,41). The molecule has 0 unspecified atom stereocenters. The summed E-state index contributed by atoms with van der Waals surface area (Å²) in [5.74, 6) is 1.83. The Morgan fingerprint density at radius 1 is 0.978 bits per heavy atom. The lowest BCUT2D eigenvalue weighted by Crippen LogP contribution is -2.34. The summed E-state index contributed by atoms with van der Waals surface area (Å²) < 4.78 is 18.5. The molecular formula is C35H41N5O5. The molecule has 2 aliphatic rings. The number of benzene rings is 2. The summed E-state index contributed by atoms with van der Waals surface area (Å²) >= 11 is 0. The zero-order chi connectivity index (χ0) is 31.3. The Labute approximate surface area is 263 Å². The fourth-order valence-electron chi connectivity index (χ4n) is 6.01. The van der Waals surface area contributed by atoms with Gasteiger partial charge in [0.1, 0.15) is 23.7 Å². The molecule has 0 atom stereocenters. The second kappa shape index (κ2) is 13.6. The van der Waals surface area contributed by atoms with E-state index in [0.717, 1.165) is 47.2 Å². The second-order valence-electron chi connectivity index (χ2n) is 11.9. The Morgan fingerprint density at radius 3 is 2.67 bits per heavy atom. The van der Waals surface area contributed by atoms with Gasteiger partial charge in [0.2, 0.25) is 0 Å². The molecule has 4 heterocycles. The van der Waals surface area contributed by atoms with E-state index >= 15 is 0 Å². The number of ether oxygens (including phenoxy) is 3. The third-order valence-corrected chi connectivity index (χ3v) is 8.51. The number of H-pyrrole nitrogens is 1. The molecule has 2 aliphatic heterocycles. The van der Waals surface area contributed by atoms with Gasteiger partial charge in [0, 0.05) is 67.0 Å². The van der Waals surface area contributed by atoms with Crippen molar-refractivity contribution in [3.63, 3.8) is 0 Å². The van der Waals surface area contributed by atoms with Crippen molar-refractivity contribution in [2.24, 2.45) is 0 Å². The quantitative estimate of drug-likeness (QED) is 0.325. The van der Waals surface area contributed by atoms with E-state index in [9.17, 15) is 9.59 Å². The van der Waals surface area contributed by atoms with Crippen LogP contribution in [0, 0.1) is 0 Å². The topological polar surface area (TPSA) is 109 Å². The van der Waals surface area contributed by atoms with Crippen LogP contribution in [0.5, 0.6) is 17.2 Å². The molecule has 2 N–H and O–H groups in total. The summed E-state index contributed by atoms with van der Waals surface area (Å²) in [5, 5.41) is 3.95. The number of hydrogen-bond donors (Lipinski definition) is 2. The predicted octanol–water partition coefficient (Wildman–Crippen LogP) is 5.28. The van der Waals surface area contributed by atoms with E-state index in [2.05, 4.69) is 40.1 Å². The molecule has 4 aromatic rings. The second-order valence-corrected chi connectivity index (χ2v) is 11.9. The van der Waals surface area contributed by atoms with Crippen LogP contribution >= 0.6 is 0 Å². The highest BCUT2D eigenvalue weighted by atomic mass is 16.5. The van der Waals surface area contributed by atoms with Crippen LogP contribution in [0.15, 0.2) is 54.7 Å². The third-order valence-electron chi connectivity index (χ3n) is 8.51. The number of aromatic amines is 1. The Kier molecular flexibility index (Phi) is 9.21. The van der Waals surface area contributed by atoms with Gasteiger partial charge in [-0.2, -0.15) is 0 Å². The summed E-state index contributed by atoms with van der Waals surface area (Å²) in [4.78, 5) is 38.6. The average molecular weight is 612 g/mol. The highest BCUT2D eigenvalue weighted by molar-refractivity contribution is 5.97. The lowest BCUT2D eigenvalue weighted by Gasteiger charge is -2.24. The van der Waals surface area contributed by atoms with Gasteiger partial charge in [-0.3, -0.25) is 14.5 Å². The van der Waals surface area contributed by atoms with Crippen molar-refractivity contribution in [2.75, 3.05) is 46.5 Å². The summed E-state index contributed by atoms with van der Waals surface area (Å²) in [6, 6.07) is 15.6. The van der Waals surface area contributed by atoms with Gasteiger partial charge in [0.15, 0.2) is 11.5 Å². The number of carbonyl (C=O) groups is 2. The zero-order valence-electron chi connectivity index (χ0n) is 26.2. The van der Waals surface area contributed by atoms with E-state index < -0.39 is 0 Å². The first kappa shape index (κ1) is 30.5. The van der Waals surface area contributed by atoms with Gasteiger partial charge < -0.3 is 29.4 Å². The van der Waals surface area contributed by atoms with E-state index in [1.54, 1.807) is 19.4 Å². The molecule has 10 heteroatoms. The maximum absolute atomic E-state index is 13.6. The molecule has 2 aromatic heterocycles. The molecule has 0 aliphatic carbocycles. The van der Waals surface area contributed by atoms with Crippen molar-refractivity contribution in [3.05, 3.63) is 71.5 Å². The molecule has 45 heavy (non-hydrogen) atoms. The minimum Gasteiger partial charge on any atom is -0.496 e. The molecule has 2 amide bonds. The van der Waals surface area contributed by atoms with E-state index in [1.807, 2.05) is 41.3 Å². The van der Waals surface area contributed by atoms with Crippen LogP contribution in [-0.4, -0.2) is 84.1 Å². The Hall–Kier alpha value is -4.57. The molecule has 6 rings (SSSR count). The number of aromatic nitrogens is 2. The first-order valence-corrected chi connectivity index (χ1v) is 15.8. The SMILES string of the molecule is COc1ccc2cc1-c1cc3c(c(c1)OCCCN(C(=O)c1cc4cccnc4[nH]1)CCCCNC2=O)OCCN(C(C)C)C3. The molecule has 0 saturated heterocycles. The number of methoxy groups -OCH3 is 1. The number of carbonyl (C=O) groups excluding carboxylic acids is 2. The van der Waals surface area contributed by atoms with Crippen LogP contribution in [0.4, 0.5) is 0 Å². The summed E-state index contributed by atoms with van der Waals surface area (Å²) in [5.41, 5.74) is 4.47. The highest BCUT2D eigenvalue weighted by Crippen LogP contribution is 2.41. The van der Waals surface area contributed by atoms with Crippen LogP contribution in [0.2, 0.25) is 0 Å². The van der Waals surface area contributed by atoms with Gasteiger partial charge >= 0.3 is 0 Å². The number of nitrogens with zero attached hydrogens (tertiary/aromatic N) is 3. The smallest absolute Gasteiger partial charge is 0.270 e. The molecule has 10 nitrogen and oxygen atoms in total. The highest BCUT2D eigenvalue weighted by Gasteiger charge is 2.24. The van der Waals surface area contributed by atoms with Crippen molar-refractivity contribution < 1.29 is 23.8 Å². The first-order chi connectivity index (χ1) is 21.9. The van der Waals surface area contributed by atoms with Crippen LogP contribution in [0.25, 0.3) is 22.2 Å². The predicted molar refractivity (Wildman–Crippen MR) is 173 cm³/mol. The fraction of sp³-hybridized carbons (Fsp3) is 0.400. The van der Waals surface area contributed by atoms with E-state index in [4.69, 9.17) is 14.2 Å². The molecule has 2 aromatic carbocycles. The van der Waals surface area contributed by atoms with Crippen LogP contribution in [0.1, 0.15) is 59.5 Å². The van der Waals surface area contributed by atoms with Gasteiger partial charge in [0.05, 0.1) is 13.7 Å². The number of fused-ring (bicyclic) bond motifs is 8. The summed E-state index contributed by atoms with van der Waals surface area (Å²) in [6.07, 6.45) is 3.82. The van der Waals surface area contributed by atoms with Crippen LogP contribution in [-0.2, 0) is 6.54 Å². The number of pyridine rings is 1. The van der Waals surface area contributed by atoms with Gasteiger partial charge in [-0.1, -0.05) is 0 Å². The van der Waals surface area contributed by atoms with Crippen molar-refractivity contribution in [1.29, 1.82) is 0 Å². The zero-order valence-corrected chi connectivity index (χ0v) is 26.2. The van der Waals surface area contributed by atoms with E-state index in [1.165, 1.54) is 0 Å². The minimum absolute atomic E-state index is 0.0777. The van der Waals surface area contributed by atoms with E-state index in [-0.39, 0.29) is 11.8 Å². The minimum atomic E-state index is -0.151. The molecule has 0 spiro atoms. The number of hydrogen-bond acceptors (Lipinski definition) is 7. The fourth-order valence-corrected chi connectivity index (χ4v) is 6.01. The number of rotatable bonds is 3. The Balaban J connectivity index is 1.33. The normalized spacial score (nSPS) is 16.6. The van der Waals surface area contributed by atoms with Crippen LogP contribution in [0.3, 0.4) is 0 Å². The summed E-state index contributed by atoms with van der Waals surface area (Å²) in [7, 11) is 1.64. The van der Waals surface area contributed by atoms with Gasteiger partial charge in [-0.15, -0.1) is 0 Å². The third kappa shape index (κ3) is 6.76.